The molecule has 4 heteroatoms. The largest absolute Gasteiger partial charge is 0.489 e. The highest BCUT2D eigenvalue weighted by molar-refractivity contribution is 9.10. The molecule has 1 aliphatic carbocycles. The van der Waals surface area contributed by atoms with Crippen molar-refractivity contribution in [2.24, 2.45) is 0 Å². The molecule has 3 nitrogen and oxygen atoms in total. The molecule has 0 amide bonds. The van der Waals surface area contributed by atoms with Crippen LogP contribution in [0.5, 0.6) is 5.75 Å². The van der Waals surface area contributed by atoms with Crippen molar-refractivity contribution in [3.05, 3.63) is 22.9 Å². The average Bonchev–Trinajstić information content (AvgIpc) is 3.00. The molecular weight excluding hydrogens is 294 g/mol. The van der Waals surface area contributed by atoms with Crippen LogP contribution in [0.3, 0.4) is 0 Å². The van der Waals surface area contributed by atoms with E-state index in [2.05, 4.69) is 20.9 Å². The lowest BCUT2D eigenvalue weighted by atomic mass is 9.98. The Balaban J connectivity index is 1.51. The first-order chi connectivity index (χ1) is 8.76. The zero-order valence-corrected chi connectivity index (χ0v) is 12.0. The summed E-state index contributed by atoms with van der Waals surface area (Å²) >= 11 is 3.31. The summed E-state index contributed by atoms with van der Waals surface area (Å²) in [5.41, 5.74) is 0.200. The summed E-state index contributed by atoms with van der Waals surface area (Å²) in [5.74, 6) is 0.814. The van der Waals surface area contributed by atoms with Crippen molar-refractivity contribution in [3.8, 4) is 5.75 Å². The predicted molar refractivity (Wildman–Crippen MR) is 72.7 cm³/mol. The summed E-state index contributed by atoms with van der Waals surface area (Å²) in [7, 11) is 0. The molecule has 1 aromatic rings. The Morgan fingerprint density at radius 3 is 2.89 bits per heavy atom. The fourth-order valence-corrected chi connectivity index (χ4v) is 3.27. The Kier molecular flexibility index (Phi) is 3.57. The molecular formula is C14H18BrNO2. The maximum atomic E-state index is 6.20. The van der Waals surface area contributed by atoms with Gasteiger partial charge in [0.15, 0.2) is 0 Å². The molecule has 1 aromatic heterocycles. The quantitative estimate of drug-likeness (QED) is 0.797. The number of nitrogens with zero attached hydrogens (tertiary/aromatic N) is 1. The highest BCUT2D eigenvalue weighted by Crippen LogP contribution is 2.43. The summed E-state index contributed by atoms with van der Waals surface area (Å²) in [6, 6.07) is 3.82. The maximum Gasteiger partial charge on any atom is 0.137 e. The van der Waals surface area contributed by atoms with Gasteiger partial charge >= 0.3 is 0 Å². The molecule has 1 saturated carbocycles. The lowest BCUT2D eigenvalue weighted by molar-refractivity contribution is -0.0509. The van der Waals surface area contributed by atoms with Crippen molar-refractivity contribution in [2.45, 2.75) is 50.2 Å². The number of ether oxygens (including phenoxy) is 2. The Morgan fingerprint density at radius 2 is 2.17 bits per heavy atom. The minimum absolute atomic E-state index is 0.200. The third-order valence-electron chi connectivity index (χ3n) is 3.99. The van der Waals surface area contributed by atoms with E-state index in [0.717, 1.165) is 16.8 Å². The van der Waals surface area contributed by atoms with E-state index in [1.165, 1.54) is 32.1 Å². The highest BCUT2D eigenvalue weighted by atomic mass is 79.9. The Bertz CT molecular complexity index is 401. The van der Waals surface area contributed by atoms with Crippen LogP contribution >= 0.6 is 15.9 Å². The third-order valence-corrected chi connectivity index (χ3v) is 4.46. The second-order valence-electron chi connectivity index (χ2n) is 5.30. The van der Waals surface area contributed by atoms with E-state index in [1.54, 1.807) is 6.20 Å². The molecule has 18 heavy (non-hydrogen) atoms. The minimum atomic E-state index is 0.200. The average molecular weight is 312 g/mol. The van der Waals surface area contributed by atoms with Crippen LogP contribution < -0.4 is 4.74 Å². The number of hydrogen-bond donors (Lipinski definition) is 0. The number of hydrogen-bond acceptors (Lipinski definition) is 3. The van der Waals surface area contributed by atoms with Gasteiger partial charge in [0.2, 0.25) is 0 Å². The Hall–Kier alpha value is -0.610. The molecule has 2 fully saturated rings. The molecule has 2 aliphatic rings. The summed E-state index contributed by atoms with van der Waals surface area (Å²) < 4.78 is 12.8. The lowest BCUT2D eigenvalue weighted by Crippen LogP contribution is -2.27. The summed E-state index contributed by atoms with van der Waals surface area (Å²) in [6.07, 6.45) is 9.46. The van der Waals surface area contributed by atoms with Crippen LogP contribution in [0.1, 0.15) is 38.5 Å². The zero-order valence-electron chi connectivity index (χ0n) is 10.4. The second-order valence-corrected chi connectivity index (χ2v) is 6.11. The van der Waals surface area contributed by atoms with Gasteiger partial charge in [-0.25, -0.2) is 4.98 Å². The van der Waals surface area contributed by atoms with E-state index in [0.29, 0.717) is 6.61 Å². The van der Waals surface area contributed by atoms with Gasteiger partial charge in [0, 0.05) is 0 Å². The first kappa shape index (κ1) is 12.4. The van der Waals surface area contributed by atoms with Gasteiger partial charge in [-0.3, -0.25) is 0 Å². The highest BCUT2D eigenvalue weighted by Gasteiger charge is 2.42. The van der Waals surface area contributed by atoms with Crippen LogP contribution in [0.25, 0.3) is 0 Å². The second kappa shape index (κ2) is 5.17. The van der Waals surface area contributed by atoms with Gasteiger partial charge in [-0.1, -0.05) is 12.8 Å². The van der Waals surface area contributed by atoms with Gasteiger partial charge in [-0.2, -0.15) is 0 Å². The molecule has 1 saturated heterocycles. The standard InChI is InChI=1S/C14H18BrNO2/c15-13-4-3-11(9-16-13)17-10-12-5-8-14(18-12)6-1-2-7-14/h3-4,9,12H,1-2,5-8,10H2. The van der Waals surface area contributed by atoms with Crippen LogP contribution in [0.15, 0.2) is 22.9 Å². The molecule has 2 heterocycles. The maximum absolute atomic E-state index is 6.20. The Labute approximate surface area is 116 Å². The summed E-state index contributed by atoms with van der Waals surface area (Å²) in [6.45, 7) is 0.644. The zero-order chi connectivity index (χ0) is 12.4. The normalized spacial score (nSPS) is 25.7. The number of rotatable bonds is 3. The van der Waals surface area contributed by atoms with Crippen LogP contribution in [0.2, 0.25) is 0 Å². The Morgan fingerprint density at radius 1 is 1.33 bits per heavy atom. The monoisotopic (exact) mass is 311 g/mol. The van der Waals surface area contributed by atoms with E-state index in [-0.39, 0.29) is 11.7 Å². The van der Waals surface area contributed by atoms with E-state index < -0.39 is 0 Å². The minimum Gasteiger partial charge on any atom is -0.489 e. The molecule has 0 radical (unpaired) electrons. The molecule has 1 unspecified atom stereocenters. The van der Waals surface area contributed by atoms with Crippen LogP contribution in [0.4, 0.5) is 0 Å². The topological polar surface area (TPSA) is 31.4 Å². The molecule has 98 valence electrons. The van der Waals surface area contributed by atoms with Gasteiger partial charge in [-0.05, 0) is 53.7 Å². The summed E-state index contributed by atoms with van der Waals surface area (Å²) in [4.78, 5) is 4.15. The van der Waals surface area contributed by atoms with E-state index in [9.17, 15) is 0 Å². The SMILES string of the molecule is Brc1ccc(OCC2CCC3(CCCC3)O2)cn1. The molecule has 0 aromatic carbocycles. The first-order valence-electron chi connectivity index (χ1n) is 6.68. The van der Waals surface area contributed by atoms with E-state index in [4.69, 9.17) is 9.47 Å². The van der Waals surface area contributed by atoms with Crippen molar-refractivity contribution in [1.82, 2.24) is 4.98 Å². The van der Waals surface area contributed by atoms with Gasteiger partial charge in [0.1, 0.15) is 17.0 Å². The molecule has 1 atom stereocenters. The van der Waals surface area contributed by atoms with Crippen LogP contribution in [-0.2, 0) is 4.74 Å². The molecule has 1 spiro atoms. The van der Waals surface area contributed by atoms with Crippen LogP contribution in [-0.4, -0.2) is 23.3 Å². The third kappa shape index (κ3) is 2.69. The number of pyridine rings is 1. The molecule has 0 bridgehead atoms. The number of aromatic nitrogens is 1. The van der Waals surface area contributed by atoms with Crippen molar-refractivity contribution < 1.29 is 9.47 Å². The fraction of sp³-hybridized carbons (Fsp3) is 0.643. The molecule has 0 N–H and O–H groups in total. The smallest absolute Gasteiger partial charge is 0.137 e. The fourth-order valence-electron chi connectivity index (χ4n) is 3.04. The summed E-state index contributed by atoms with van der Waals surface area (Å²) in [5, 5.41) is 0. The number of halogens is 1. The molecule has 3 rings (SSSR count). The lowest BCUT2D eigenvalue weighted by Gasteiger charge is -2.23. The van der Waals surface area contributed by atoms with Gasteiger partial charge in [-0.15, -0.1) is 0 Å². The van der Waals surface area contributed by atoms with Crippen LogP contribution in [0, 0.1) is 0 Å². The van der Waals surface area contributed by atoms with E-state index >= 15 is 0 Å². The van der Waals surface area contributed by atoms with Gasteiger partial charge < -0.3 is 9.47 Å². The predicted octanol–water partition coefficient (Wildman–Crippen LogP) is 3.71. The van der Waals surface area contributed by atoms with Crippen molar-refractivity contribution in [2.75, 3.05) is 6.61 Å². The molecule has 1 aliphatic heterocycles. The van der Waals surface area contributed by atoms with Crippen molar-refractivity contribution in [3.63, 3.8) is 0 Å². The van der Waals surface area contributed by atoms with Gasteiger partial charge in [0.05, 0.1) is 17.9 Å². The van der Waals surface area contributed by atoms with Gasteiger partial charge in [0.25, 0.3) is 0 Å². The van der Waals surface area contributed by atoms with Crippen molar-refractivity contribution in [1.29, 1.82) is 0 Å². The first-order valence-corrected chi connectivity index (χ1v) is 7.47. The van der Waals surface area contributed by atoms with E-state index in [1.807, 2.05) is 12.1 Å². The van der Waals surface area contributed by atoms with Crippen molar-refractivity contribution >= 4 is 15.9 Å².